The van der Waals surface area contributed by atoms with Crippen LogP contribution in [-0.4, -0.2) is 44.1 Å². The fraction of sp³-hybridized carbons (Fsp3) is 0.286. The summed E-state index contributed by atoms with van der Waals surface area (Å²) in [4.78, 5) is 23.4. The van der Waals surface area contributed by atoms with Gasteiger partial charge in [0.1, 0.15) is 11.6 Å². The minimum absolute atomic E-state index is 0.0103. The predicted molar refractivity (Wildman–Crippen MR) is 106 cm³/mol. The lowest BCUT2D eigenvalue weighted by Crippen LogP contribution is -2.39. The highest BCUT2D eigenvalue weighted by atomic mass is 16.2. The molecule has 0 bridgehead atoms. The Morgan fingerprint density at radius 1 is 1.14 bits per heavy atom. The first-order valence-corrected chi connectivity index (χ1v) is 9.41. The molecule has 0 saturated carbocycles. The first-order chi connectivity index (χ1) is 13.7. The zero-order chi connectivity index (χ0) is 19.3. The van der Waals surface area contributed by atoms with E-state index >= 15 is 0 Å². The van der Waals surface area contributed by atoms with Crippen LogP contribution in [0.15, 0.2) is 55.1 Å². The van der Waals surface area contributed by atoms with Gasteiger partial charge in [-0.1, -0.05) is 6.07 Å². The van der Waals surface area contributed by atoms with Crippen LogP contribution in [0.3, 0.4) is 0 Å². The highest BCUT2D eigenvalue weighted by Gasteiger charge is 2.26. The minimum atomic E-state index is 0.0103. The van der Waals surface area contributed by atoms with Gasteiger partial charge < -0.3 is 10.2 Å². The van der Waals surface area contributed by atoms with Crippen molar-refractivity contribution in [2.24, 2.45) is 0 Å². The van der Waals surface area contributed by atoms with Gasteiger partial charge in [-0.25, -0.2) is 9.97 Å². The number of nitrogens with one attached hydrogen (secondary N) is 1. The summed E-state index contributed by atoms with van der Waals surface area (Å²) in [5.74, 6) is 1.86. The third kappa shape index (κ3) is 3.98. The Balaban J connectivity index is 1.49. The monoisotopic (exact) mass is 374 g/mol. The summed E-state index contributed by atoms with van der Waals surface area (Å²) in [5, 5.41) is 10.9. The van der Waals surface area contributed by atoms with E-state index in [1.54, 1.807) is 18.5 Å². The quantitative estimate of drug-likeness (QED) is 0.754. The van der Waals surface area contributed by atoms with Gasteiger partial charge >= 0.3 is 0 Å². The van der Waals surface area contributed by atoms with Gasteiger partial charge in [0.05, 0.1) is 18.0 Å². The number of likely N-dealkylation sites (tertiary alicyclic amines) is 1. The summed E-state index contributed by atoms with van der Waals surface area (Å²) in [5.41, 5.74) is 2.82. The van der Waals surface area contributed by atoms with Crippen LogP contribution >= 0.6 is 0 Å². The Hall–Kier alpha value is -3.35. The number of carbonyl (C=O) groups is 1. The molecule has 1 saturated heterocycles. The Bertz CT molecular complexity index is 962. The van der Waals surface area contributed by atoms with E-state index in [1.165, 1.54) is 11.8 Å². The number of aromatic nitrogens is 4. The number of rotatable bonds is 4. The number of amides is 1. The SMILES string of the molecule is Cc1cccnc1Nc1cc([C@@H]2CCCN(C(=O)c3ccnnc3)C2)ccn1. The molecule has 1 N–H and O–H groups in total. The van der Waals surface area contributed by atoms with Crippen LogP contribution in [0, 0.1) is 6.92 Å². The third-order valence-electron chi connectivity index (χ3n) is 5.05. The van der Waals surface area contributed by atoms with Crippen molar-refractivity contribution in [1.29, 1.82) is 0 Å². The van der Waals surface area contributed by atoms with Gasteiger partial charge in [0.2, 0.25) is 0 Å². The summed E-state index contributed by atoms with van der Waals surface area (Å²) in [6.07, 6.45) is 8.66. The number of pyridine rings is 2. The van der Waals surface area contributed by atoms with Gasteiger partial charge in [-0.3, -0.25) is 4.79 Å². The van der Waals surface area contributed by atoms with Crippen molar-refractivity contribution in [3.05, 3.63) is 71.8 Å². The molecule has 1 atom stereocenters. The van der Waals surface area contributed by atoms with Crippen LogP contribution in [0.1, 0.15) is 40.2 Å². The standard InChI is InChI=1S/C21H22N6O/c1-15-4-2-8-23-20(15)26-19-12-16(6-9-22-19)18-5-3-11-27(14-18)21(28)17-7-10-24-25-13-17/h2,4,6-10,12-13,18H,3,5,11,14H2,1H3,(H,22,23,26)/t18-/m1/s1. The number of nitrogens with zero attached hydrogens (tertiary/aromatic N) is 5. The van der Waals surface area contributed by atoms with E-state index in [-0.39, 0.29) is 11.8 Å². The van der Waals surface area contributed by atoms with Crippen LogP contribution < -0.4 is 5.32 Å². The topological polar surface area (TPSA) is 83.9 Å². The molecule has 28 heavy (non-hydrogen) atoms. The van der Waals surface area contributed by atoms with Crippen molar-refractivity contribution in [1.82, 2.24) is 25.1 Å². The molecule has 0 radical (unpaired) electrons. The molecule has 4 heterocycles. The number of piperidine rings is 1. The second-order valence-corrected chi connectivity index (χ2v) is 6.99. The summed E-state index contributed by atoms with van der Waals surface area (Å²) in [6.45, 7) is 3.46. The molecule has 142 valence electrons. The molecule has 1 fully saturated rings. The molecule has 3 aromatic heterocycles. The summed E-state index contributed by atoms with van der Waals surface area (Å²) >= 11 is 0. The molecule has 0 aromatic carbocycles. The molecule has 0 unspecified atom stereocenters. The van der Waals surface area contributed by atoms with Gasteiger partial charge in [0, 0.05) is 31.4 Å². The fourth-order valence-electron chi connectivity index (χ4n) is 3.54. The number of carbonyl (C=O) groups excluding carboxylic acids is 1. The van der Waals surface area contributed by atoms with Gasteiger partial charge in [-0.15, -0.1) is 0 Å². The predicted octanol–water partition coefficient (Wildman–Crippen LogP) is 3.34. The van der Waals surface area contributed by atoms with Crippen LogP contribution in [0.25, 0.3) is 0 Å². The van der Waals surface area contributed by atoms with Crippen molar-refractivity contribution < 1.29 is 4.79 Å². The van der Waals surface area contributed by atoms with Gasteiger partial charge in [0.15, 0.2) is 0 Å². The molecule has 7 nitrogen and oxygen atoms in total. The molecule has 1 aliphatic rings. The molecule has 7 heteroatoms. The lowest BCUT2D eigenvalue weighted by Gasteiger charge is -2.33. The largest absolute Gasteiger partial charge is 0.338 e. The van der Waals surface area contributed by atoms with Crippen molar-refractivity contribution in [2.75, 3.05) is 18.4 Å². The summed E-state index contributed by atoms with van der Waals surface area (Å²) < 4.78 is 0. The Labute approximate surface area is 163 Å². The minimum Gasteiger partial charge on any atom is -0.338 e. The first kappa shape index (κ1) is 18.0. The second-order valence-electron chi connectivity index (χ2n) is 6.99. The maximum absolute atomic E-state index is 12.7. The van der Waals surface area contributed by atoms with E-state index in [4.69, 9.17) is 0 Å². The highest BCUT2D eigenvalue weighted by Crippen LogP contribution is 2.29. The smallest absolute Gasteiger partial charge is 0.255 e. The second kappa shape index (κ2) is 8.12. The average Bonchev–Trinajstić information content (AvgIpc) is 2.76. The van der Waals surface area contributed by atoms with Crippen molar-refractivity contribution in [2.45, 2.75) is 25.7 Å². The maximum Gasteiger partial charge on any atom is 0.255 e. The average molecular weight is 374 g/mol. The number of aryl methyl sites for hydroxylation is 1. The lowest BCUT2D eigenvalue weighted by molar-refractivity contribution is 0.0706. The van der Waals surface area contributed by atoms with Gasteiger partial charge in [-0.05, 0) is 55.2 Å². The number of hydrogen-bond acceptors (Lipinski definition) is 6. The Morgan fingerprint density at radius 3 is 2.89 bits per heavy atom. The Kier molecular flexibility index (Phi) is 5.23. The summed E-state index contributed by atoms with van der Waals surface area (Å²) in [6, 6.07) is 9.72. The summed E-state index contributed by atoms with van der Waals surface area (Å²) in [7, 11) is 0. The van der Waals surface area contributed by atoms with Crippen molar-refractivity contribution in [3.8, 4) is 0 Å². The van der Waals surface area contributed by atoms with Crippen LogP contribution in [0.2, 0.25) is 0 Å². The number of hydrogen-bond donors (Lipinski definition) is 1. The molecule has 0 spiro atoms. The molecule has 3 aromatic rings. The van der Waals surface area contributed by atoms with Gasteiger partial charge in [-0.2, -0.15) is 10.2 Å². The zero-order valence-electron chi connectivity index (χ0n) is 15.7. The van der Waals surface area contributed by atoms with Crippen molar-refractivity contribution >= 4 is 17.5 Å². The van der Waals surface area contributed by atoms with E-state index < -0.39 is 0 Å². The maximum atomic E-state index is 12.7. The van der Waals surface area contributed by atoms with Gasteiger partial charge in [0.25, 0.3) is 5.91 Å². The number of anilines is 2. The molecular formula is C21H22N6O. The molecular weight excluding hydrogens is 352 g/mol. The van der Waals surface area contributed by atoms with Crippen LogP contribution in [0.4, 0.5) is 11.6 Å². The van der Waals surface area contributed by atoms with E-state index in [0.29, 0.717) is 12.1 Å². The highest BCUT2D eigenvalue weighted by molar-refractivity contribution is 5.93. The van der Waals surface area contributed by atoms with E-state index in [9.17, 15) is 4.79 Å². The lowest BCUT2D eigenvalue weighted by atomic mass is 9.91. The normalized spacial score (nSPS) is 16.6. The molecule has 4 rings (SSSR count). The van der Waals surface area contributed by atoms with Crippen LogP contribution in [-0.2, 0) is 0 Å². The van der Waals surface area contributed by atoms with E-state index in [0.717, 1.165) is 36.6 Å². The molecule has 1 aliphatic heterocycles. The van der Waals surface area contributed by atoms with E-state index in [2.05, 4.69) is 31.5 Å². The third-order valence-corrected chi connectivity index (χ3v) is 5.05. The van der Waals surface area contributed by atoms with Crippen LogP contribution in [0.5, 0.6) is 0 Å². The molecule has 0 aliphatic carbocycles. The molecule has 1 amide bonds. The zero-order valence-corrected chi connectivity index (χ0v) is 15.7. The van der Waals surface area contributed by atoms with Crippen molar-refractivity contribution in [3.63, 3.8) is 0 Å². The van der Waals surface area contributed by atoms with E-state index in [1.807, 2.05) is 36.2 Å². The fourth-order valence-corrected chi connectivity index (χ4v) is 3.54. The Morgan fingerprint density at radius 2 is 2.07 bits per heavy atom. The first-order valence-electron chi connectivity index (χ1n) is 9.41.